The van der Waals surface area contributed by atoms with Gasteiger partial charge < -0.3 is 10.6 Å². The maximum Gasteiger partial charge on any atom is 0.234 e. The van der Waals surface area contributed by atoms with Gasteiger partial charge >= 0.3 is 0 Å². The average Bonchev–Trinajstić information content (AvgIpc) is 2.78. The molecule has 0 aromatic heterocycles. The molecule has 1 aliphatic carbocycles. The van der Waals surface area contributed by atoms with E-state index < -0.39 is 0 Å². The number of hydrogen-bond donors (Lipinski definition) is 2. The Kier molecular flexibility index (Phi) is 8.63. The first-order valence-corrected chi connectivity index (χ1v) is 12.5. The third-order valence-corrected chi connectivity index (χ3v) is 7.71. The van der Waals surface area contributed by atoms with E-state index in [1.165, 1.54) is 76.2 Å². The summed E-state index contributed by atoms with van der Waals surface area (Å²) in [6, 6.07) is 7.75. The van der Waals surface area contributed by atoms with Crippen LogP contribution in [0.25, 0.3) is 0 Å². The van der Waals surface area contributed by atoms with E-state index >= 15 is 0 Å². The van der Waals surface area contributed by atoms with Gasteiger partial charge in [0.05, 0.1) is 11.0 Å². The van der Waals surface area contributed by atoms with Crippen molar-refractivity contribution in [3.63, 3.8) is 0 Å². The SMILES string of the molecule is Cc1ccc(NC(=O)CSC(C)C(=O)NCC2(N3CCCCC3)CCCCC2)cc1. The summed E-state index contributed by atoms with van der Waals surface area (Å²) in [7, 11) is 0. The molecule has 2 aliphatic rings. The Balaban J connectivity index is 1.45. The van der Waals surface area contributed by atoms with E-state index in [0.29, 0.717) is 0 Å². The van der Waals surface area contributed by atoms with Crippen LogP contribution in [-0.4, -0.2) is 52.9 Å². The highest BCUT2D eigenvalue weighted by Gasteiger charge is 2.38. The van der Waals surface area contributed by atoms with Crippen LogP contribution >= 0.6 is 11.8 Å². The summed E-state index contributed by atoms with van der Waals surface area (Å²) in [5.74, 6) is 0.255. The fourth-order valence-electron chi connectivity index (χ4n) is 4.69. The summed E-state index contributed by atoms with van der Waals surface area (Å²) in [6.07, 6.45) is 10.1. The zero-order valence-corrected chi connectivity index (χ0v) is 19.4. The number of benzene rings is 1. The second-order valence-corrected chi connectivity index (χ2v) is 10.2. The summed E-state index contributed by atoms with van der Waals surface area (Å²) in [4.78, 5) is 27.6. The minimum atomic E-state index is -0.240. The van der Waals surface area contributed by atoms with Crippen molar-refractivity contribution in [2.45, 2.75) is 76.0 Å². The smallest absolute Gasteiger partial charge is 0.234 e. The number of amides is 2. The van der Waals surface area contributed by atoms with E-state index in [4.69, 9.17) is 0 Å². The highest BCUT2D eigenvalue weighted by Crippen LogP contribution is 2.35. The lowest BCUT2D eigenvalue weighted by Gasteiger charge is -2.48. The molecule has 1 atom stereocenters. The van der Waals surface area contributed by atoms with Crippen LogP contribution in [0.3, 0.4) is 0 Å². The number of rotatable bonds is 8. The van der Waals surface area contributed by atoms with Crippen LogP contribution in [0, 0.1) is 6.92 Å². The molecular formula is C24H37N3O2S. The Morgan fingerprint density at radius 1 is 1.03 bits per heavy atom. The van der Waals surface area contributed by atoms with Gasteiger partial charge in [0, 0.05) is 17.8 Å². The van der Waals surface area contributed by atoms with Crippen LogP contribution in [0.5, 0.6) is 0 Å². The quantitative estimate of drug-likeness (QED) is 0.642. The molecule has 0 bridgehead atoms. The van der Waals surface area contributed by atoms with Gasteiger partial charge in [0.2, 0.25) is 11.8 Å². The third kappa shape index (κ3) is 6.48. The first-order chi connectivity index (χ1) is 14.5. The number of anilines is 1. The normalized spacial score (nSPS) is 20.3. The van der Waals surface area contributed by atoms with Crippen LogP contribution in [0.15, 0.2) is 24.3 Å². The second kappa shape index (κ2) is 11.2. The van der Waals surface area contributed by atoms with E-state index in [9.17, 15) is 9.59 Å². The Labute approximate surface area is 185 Å². The molecule has 2 amide bonds. The van der Waals surface area contributed by atoms with Crippen molar-refractivity contribution in [1.29, 1.82) is 0 Å². The molecule has 1 aliphatic heterocycles. The van der Waals surface area contributed by atoms with Crippen LogP contribution in [0.1, 0.15) is 63.9 Å². The fraction of sp³-hybridized carbons (Fsp3) is 0.667. The van der Waals surface area contributed by atoms with Crippen LogP contribution in [-0.2, 0) is 9.59 Å². The van der Waals surface area contributed by atoms with Gasteiger partial charge in [0.25, 0.3) is 0 Å². The molecule has 6 heteroatoms. The molecule has 0 spiro atoms. The number of nitrogens with one attached hydrogen (secondary N) is 2. The fourth-order valence-corrected chi connectivity index (χ4v) is 5.40. The number of hydrogen-bond acceptors (Lipinski definition) is 4. The molecule has 1 saturated carbocycles. The van der Waals surface area contributed by atoms with Gasteiger partial charge in [0.1, 0.15) is 0 Å². The van der Waals surface area contributed by atoms with Crippen molar-refractivity contribution in [2.24, 2.45) is 0 Å². The first-order valence-electron chi connectivity index (χ1n) is 11.5. The van der Waals surface area contributed by atoms with Gasteiger partial charge in [-0.15, -0.1) is 11.8 Å². The maximum atomic E-state index is 12.7. The predicted molar refractivity (Wildman–Crippen MR) is 126 cm³/mol. The molecule has 0 radical (unpaired) electrons. The van der Waals surface area contributed by atoms with E-state index in [0.717, 1.165) is 17.8 Å². The number of carbonyl (C=O) groups excluding carboxylic acids is 2. The highest BCUT2D eigenvalue weighted by molar-refractivity contribution is 8.01. The lowest BCUT2D eigenvalue weighted by Crippen LogP contribution is -2.58. The predicted octanol–water partition coefficient (Wildman–Crippen LogP) is 4.36. The molecule has 2 fully saturated rings. The van der Waals surface area contributed by atoms with Crippen LogP contribution in [0.4, 0.5) is 5.69 Å². The molecule has 3 rings (SSSR count). The van der Waals surface area contributed by atoms with E-state index in [1.807, 2.05) is 38.1 Å². The van der Waals surface area contributed by atoms with Crippen molar-refractivity contribution in [2.75, 3.05) is 30.7 Å². The Morgan fingerprint density at radius 2 is 1.67 bits per heavy atom. The zero-order chi connectivity index (χ0) is 21.4. The lowest BCUT2D eigenvalue weighted by molar-refractivity contribution is -0.121. The van der Waals surface area contributed by atoms with Crippen LogP contribution in [0.2, 0.25) is 0 Å². The highest BCUT2D eigenvalue weighted by atomic mass is 32.2. The molecule has 1 saturated heterocycles. The summed E-state index contributed by atoms with van der Waals surface area (Å²) in [5, 5.41) is 5.89. The van der Waals surface area contributed by atoms with Gasteiger partial charge in [-0.05, 0) is 64.8 Å². The van der Waals surface area contributed by atoms with Crippen LogP contribution < -0.4 is 10.6 Å². The molecule has 1 heterocycles. The first kappa shape index (κ1) is 23.1. The van der Waals surface area contributed by atoms with E-state index in [1.54, 1.807) is 0 Å². The number of nitrogens with zero attached hydrogens (tertiary/aromatic N) is 1. The van der Waals surface area contributed by atoms with Gasteiger partial charge in [-0.25, -0.2) is 0 Å². The summed E-state index contributed by atoms with van der Waals surface area (Å²) in [5.41, 5.74) is 2.10. The van der Waals surface area contributed by atoms with Gasteiger partial charge in [-0.1, -0.05) is 43.4 Å². The monoisotopic (exact) mass is 431 g/mol. The minimum Gasteiger partial charge on any atom is -0.353 e. The summed E-state index contributed by atoms with van der Waals surface area (Å²) in [6.45, 7) is 6.99. The lowest BCUT2D eigenvalue weighted by atomic mass is 9.79. The van der Waals surface area contributed by atoms with Gasteiger partial charge in [-0.2, -0.15) is 0 Å². The summed E-state index contributed by atoms with van der Waals surface area (Å²) >= 11 is 1.40. The van der Waals surface area contributed by atoms with Crippen molar-refractivity contribution in [3.05, 3.63) is 29.8 Å². The molecule has 1 aromatic carbocycles. The Morgan fingerprint density at radius 3 is 2.33 bits per heavy atom. The average molecular weight is 432 g/mol. The molecule has 2 N–H and O–H groups in total. The molecular weight excluding hydrogens is 394 g/mol. The van der Waals surface area contributed by atoms with E-state index in [-0.39, 0.29) is 28.4 Å². The van der Waals surface area contributed by atoms with Crippen molar-refractivity contribution >= 4 is 29.3 Å². The third-order valence-electron chi connectivity index (χ3n) is 6.57. The number of thioether (sulfide) groups is 1. The Bertz CT molecular complexity index is 695. The molecule has 5 nitrogen and oxygen atoms in total. The molecule has 1 unspecified atom stereocenters. The number of aryl methyl sites for hydroxylation is 1. The van der Waals surface area contributed by atoms with Gasteiger partial charge in [0.15, 0.2) is 0 Å². The number of carbonyl (C=O) groups is 2. The van der Waals surface area contributed by atoms with Gasteiger partial charge in [-0.3, -0.25) is 14.5 Å². The molecule has 166 valence electrons. The number of likely N-dealkylation sites (tertiary alicyclic amines) is 1. The zero-order valence-electron chi connectivity index (χ0n) is 18.5. The molecule has 1 aromatic rings. The molecule has 30 heavy (non-hydrogen) atoms. The standard InChI is InChI=1S/C24H37N3O2S/c1-19-9-11-21(12-10-19)26-22(28)17-30-20(2)23(29)25-18-24(13-5-3-6-14-24)27-15-7-4-8-16-27/h9-12,20H,3-8,13-18H2,1-2H3,(H,25,29)(H,26,28). The van der Waals surface area contributed by atoms with Crippen molar-refractivity contribution in [3.8, 4) is 0 Å². The maximum absolute atomic E-state index is 12.7. The summed E-state index contributed by atoms with van der Waals surface area (Å²) < 4.78 is 0. The minimum absolute atomic E-state index is 0.0464. The topological polar surface area (TPSA) is 61.4 Å². The second-order valence-electron chi connectivity index (χ2n) is 8.92. The van der Waals surface area contributed by atoms with Crippen molar-refractivity contribution in [1.82, 2.24) is 10.2 Å². The number of piperidine rings is 1. The Hall–Kier alpha value is -1.53. The largest absolute Gasteiger partial charge is 0.353 e. The van der Waals surface area contributed by atoms with Crippen molar-refractivity contribution < 1.29 is 9.59 Å². The van der Waals surface area contributed by atoms with E-state index in [2.05, 4.69) is 15.5 Å².